The molecule has 0 spiro atoms. The molecular weight excluding hydrogens is 432 g/mol. The van der Waals surface area contributed by atoms with E-state index in [0.717, 1.165) is 0 Å². The van der Waals surface area contributed by atoms with Gasteiger partial charge in [-0.25, -0.2) is 10.9 Å². The van der Waals surface area contributed by atoms with Crippen LogP contribution < -0.4 is 20.9 Å². The number of hydrazine groups is 2. The number of rotatable bonds is 12. The van der Waals surface area contributed by atoms with Crippen molar-refractivity contribution in [2.75, 3.05) is 36.2 Å². The Labute approximate surface area is 198 Å². The Bertz CT molecular complexity index is 1080. The van der Waals surface area contributed by atoms with Gasteiger partial charge in [-0.1, -0.05) is 49.6 Å². The van der Waals surface area contributed by atoms with Gasteiger partial charge in [0.1, 0.15) is 11.5 Å². The normalized spacial score (nSPS) is 11.9. The molecule has 0 fully saturated rings. The minimum atomic E-state index is -0.300. The number of nitrogens with one attached hydrogen (secondary N) is 2. The molecule has 8 heteroatoms. The van der Waals surface area contributed by atoms with Gasteiger partial charge in [0, 0.05) is 11.1 Å². The predicted octanol–water partition coefficient (Wildman–Crippen LogP) is 3.60. The van der Waals surface area contributed by atoms with Crippen LogP contribution in [0.1, 0.15) is 31.8 Å². The van der Waals surface area contributed by atoms with Gasteiger partial charge in [0.25, 0.3) is 0 Å². The molecule has 2 aromatic carbocycles. The molecule has 0 radical (unpaired) electrons. The van der Waals surface area contributed by atoms with Crippen LogP contribution in [0.15, 0.2) is 86.4 Å². The molecule has 0 heterocycles. The molecule has 0 saturated carbocycles. The highest BCUT2D eigenvalue weighted by molar-refractivity contribution is 6.32. The van der Waals surface area contributed by atoms with Gasteiger partial charge in [-0.05, 0) is 12.1 Å². The summed E-state index contributed by atoms with van der Waals surface area (Å²) in [5.41, 5.74) is 8.02. The maximum absolute atomic E-state index is 13.7. The summed E-state index contributed by atoms with van der Waals surface area (Å²) in [7, 11) is 0. The summed E-state index contributed by atoms with van der Waals surface area (Å²) in [5.74, 6) is -0.771. The van der Waals surface area contributed by atoms with Crippen LogP contribution in [0, 0.1) is 0 Å². The second kappa shape index (κ2) is 10.7. The standard InChI is InChI=1S/C26H28N4O4/c1-5-13-29(27-15-17(3)31)21-11-12-22(30(14-6-2)28-16-18(4)32)24-23(21)25(33)19-9-7-8-10-20(19)26(24)34/h5-12,27-28,31-32H,1-4,13-16H2. The number of aliphatic hydroxyl groups excluding tert-OH is 2. The van der Waals surface area contributed by atoms with Gasteiger partial charge < -0.3 is 20.2 Å². The van der Waals surface area contributed by atoms with Gasteiger partial charge in [0.2, 0.25) is 0 Å². The number of carbonyl (C=O) groups is 2. The third-order valence-corrected chi connectivity index (χ3v) is 5.18. The molecular formula is C26H28N4O4. The van der Waals surface area contributed by atoms with Crippen molar-refractivity contribution in [1.82, 2.24) is 10.9 Å². The van der Waals surface area contributed by atoms with Crippen LogP contribution in [-0.4, -0.2) is 48.0 Å². The minimum absolute atomic E-state index is 0.0475. The molecule has 176 valence electrons. The van der Waals surface area contributed by atoms with Gasteiger partial charge in [0.15, 0.2) is 11.6 Å². The zero-order valence-corrected chi connectivity index (χ0v) is 18.9. The molecule has 0 amide bonds. The number of hydrogen-bond donors (Lipinski definition) is 4. The molecule has 2 aromatic rings. The number of aliphatic hydroxyl groups is 2. The summed E-state index contributed by atoms with van der Waals surface area (Å²) in [6.07, 6.45) is 3.27. The molecule has 0 atom stereocenters. The Hall–Kier alpha value is -4.14. The van der Waals surface area contributed by atoms with Crippen molar-refractivity contribution in [2.45, 2.75) is 0 Å². The van der Waals surface area contributed by atoms with Gasteiger partial charge in [-0.3, -0.25) is 9.59 Å². The second-order valence-corrected chi connectivity index (χ2v) is 7.66. The SMILES string of the molecule is C=CCN(NCC(=C)O)c1ccc(N(CC=C)NCC(=C)O)c2c1C(=O)c1ccccc1C2=O. The molecule has 0 aromatic heterocycles. The number of benzene rings is 2. The van der Waals surface area contributed by atoms with E-state index in [1.807, 2.05) is 0 Å². The summed E-state index contributed by atoms with van der Waals surface area (Å²) in [4.78, 5) is 27.4. The van der Waals surface area contributed by atoms with Crippen molar-refractivity contribution in [2.24, 2.45) is 0 Å². The Morgan fingerprint density at radius 2 is 1.15 bits per heavy atom. The van der Waals surface area contributed by atoms with Crippen LogP contribution in [-0.2, 0) is 0 Å². The Balaban J connectivity index is 2.25. The van der Waals surface area contributed by atoms with Gasteiger partial charge in [0.05, 0.1) is 48.7 Å². The summed E-state index contributed by atoms with van der Waals surface area (Å²) < 4.78 is 0. The maximum Gasteiger partial charge on any atom is 0.196 e. The Morgan fingerprint density at radius 3 is 1.47 bits per heavy atom. The van der Waals surface area contributed by atoms with Gasteiger partial charge >= 0.3 is 0 Å². The van der Waals surface area contributed by atoms with E-state index in [4.69, 9.17) is 0 Å². The zero-order chi connectivity index (χ0) is 24.8. The highest BCUT2D eigenvalue weighted by atomic mass is 16.3. The van der Waals surface area contributed by atoms with Gasteiger partial charge in [-0.15, -0.1) is 13.2 Å². The predicted molar refractivity (Wildman–Crippen MR) is 134 cm³/mol. The molecule has 0 unspecified atom stereocenters. The highest BCUT2D eigenvalue weighted by Crippen LogP contribution is 2.38. The summed E-state index contributed by atoms with van der Waals surface area (Å²) in [5, 5.41) is 22.4. The van der Waals surface area contributed by atoms with Crippen LogP contribution >= 0.6 is 0 Å². The van der Waals surface area contributed by atoms with E-state index in [-0.39, 0.29) is 47.3 Å². The lowest BCUT2D eigenvalue weighted by molar-refractivity contribution is 0.0979. The molecule has 0 saturated heterocycles. The molecule has 1 aliphatic carbocycles. The molecule has 0 aliphatic heterocycles. The van der Waals surface area contributed by atoms with Crippen LogP contribution in [0.2, 0.25) is 0 Å². The lowest BCUT2D eigenvalue weighted by Crippen LogP contribution is -2.43. The monoisotopic (exact) mass is 460 g/mol. The van der Waals surface area contributed by atoms with Crippen LogP contribution in [0.5, 0.6) is 0 Å². The first-order chi connectivity index (χ1) is 16.3. The van der Waals surface area contributed by atoms with E-state index >= 15 is 0 Å². The average molecular weight is 461 g/mol. The third kappa shape index (κ3) is 4.93. The molecule has 0 bridgehead atoms. The summed E-state index contributed by atoms with van der Waals surface area (Å²) in [6, 6.07) is 10.1. The fourth-order valence-corrected chi connectivity index (χ4v) is 3.77. The summed E-state index contributed by atoms with van der Waals surface area (Å²) >= 11 is 0. The van der Waals surface area contributed by atoms with E-state index in [1.165, 1.54) is 0 Å². The van der Waals surface area contributed by atoms with Crippen molar-refractivity contribution in [1.29, 1.82) is 0 Å². The molecule has 34 heavy (non-hydrogen) atoms. The number of anilines is 2. The number of hydrogen-bond acceptors (Lipinski definition) is 8. The number of nitrogens with zero attached hydrogens (tertiary/aromatic N) is 2. The van der Waals surface area contributed by atoms with Crippen molar-refractivity contribution in [3.05, 3.63) is 109 Å². The van der Waals surface area contributed by atoms with Crippen molar-refractivity contribution >= 4 is 22.9 Å². The average Bonchev–Trinajstić information content (AvgIpc) is 2.82. The first-order valence-corrected chi connectivity index (χ1v) is 10.6. The third-order valence-electron chi connectivity index (χ3n) is 5.18. The van der Waals surface area contributed by atoms with E-state index < -0.39 is 0 Å². The lowest BCUT2D eigenvalue weighted by atomic mass is 9.82. The van der Waals surface area contributed by atoms with E-state index in [9.17, 15) is 19.8 Å². The topological polar surface area (TPSA) is 105 Å². The Kier molecular flexibility index (Phi) is 7.68. The van der Waals surface area contributed by atoms with Gasteiger partial charge in [-0.2, -0.15) is 0 Å². The molecule has 8 nitrogen and oxygen atoms in total. The smallest absolute Gasteiger partial charge is 0.196 e. The fourth-order valence-electron chi connectivity index (χ4n) is 3.77. The molecule has 3 rings (SSSR count). The van der Waals surface area contributed by atoms with Crippen molar-refractivity contribution in [3.8, 4) is 0 Å². The van der Waals surface area contributed by atoms with Crippen molar-refractivity contribution in [3.63, 3.8) is 0 Å². The first-order valence-electron chi connectivity index (χ1n) is 10.6. The molecule has 4 N–H and O–H groups in total. The largest absolute Gasteiger partial charge is 0.512 e. The number of carbonyl (C=O) groups excluding carboxylic acids is 2. The fraction of sp³-hybridized carbons (Fsp3) is 0.154. The second-order valence-electron chi connectivity index (χ2n) is 7.66. The van der Waals surface area contributed by atoms with Crippen molar-refractivity contribution < 1.29 is 19.8 Å². The highest BCUT2D eigenvalue weighted by Gasteiger charge is 2.36. The molecule has 1 aliphatic rings. The Morgan fingerprint density at radius 1 is 0.765 bits per heavy atom. The van der Waals surface area contributed by atoms with E-state index in [2.05, 4.69) is 37.2 Å². The summed E-state index contributed by atoms with van der Waals surface area (Å²) in [6.45, 7) is 15.2. The quantitative estimate of drug-likeness (QED) is 0.185. The van der Waals surface area contributed by atoms with E-state index in [0.29, 0.717) is 35.6 Å². The van der Waals surface area contributed by atoms with Crippen LogP contribution in [0.4, 0.5) is 11.4 Å². The first kappa shape index (κ1) is 24.5. The number of ketones is 2. The zero-order valence-electron chi connectivity index (χ0n) is 18.9. The van der Waals surface area contributed by atoms with E-state index in [1.54, 1.807) is 58.6 Å². The maximum atomic E-state index is 13.7. The minimum Gasteiger partial charge on any atom is -0.512 e. The van der Waals surface area contributed by atoms with Crippen LogP contribution in [0.25, 0.3) is 0 Å². The van der Waals surface area contributed by atoms with Crippen LogP contribution in [0.3, 0.4) is 0 Å². The lowest BCUT2D eigenvalue weighted by Gasteiger charge is -2.33. The number of fused-ring (bicyclic) bond motifs is 2.